The lowest BCUT2D eigenvalue weighted by Gasteiger charge is -2.10. The van der Waals surface area contributed by atoms with E-state index < -0.39 is 0 Å². The Bertz CT molecular complexity index is 517. The molecule has 0 unspecified atom stereocenters. The van der Waals surface area contributed by atoms with Crippen LogP contribution >= 0.6 is 23.1 Å². The maximum atomic E-state index is 5.73. The average molecular weight is 296 g/mol. The Hall–Kier alpha value is -1.27. The molecule has 6 heteroatoms. The Morgan fingerprint density at radius 1 is 1.16 bits per heavy atom. The van der Waals surface area contributed by atoms with E-state index >= 15 is 0 Å². The largest absolute Gasteiger partial charge is 0.490 e. The minimum Gasteiger partial charge on any atom is -0.490 e. The van der Waals surface area contributed by atoms with Gasteiger partial charge in [0.1, 0.15) is 5.01 Å². The van der Waals surface area contributed by atoms with Crippen molar-refractivity contribution in [3.8, 4) is 11.5 Å². The third-order valence-electron chi connectivity index (χ3n) is 2.22. The summed E-state index contributed by atoms with van der Waals surface area (Å²) in [5.41, 5.74) is 0. The minimum absolute atomic E-state index is 0.618. The first kappa shape index (κ1) is 14.1. The number of hydrogen-bond donors (Lipinski definition) is 0. The highest BCUT2D eigenvalue weighted by Crippen LogP contribution is 2.27. The van der Waals surface area contributed by atoms with Gasteiger partial charge in [0.05, 0.1) is 13.2 Å². The Morgan fingerprint density at radius 3 is 2.53 bits per heavy atom. The Morgan fingerprint density at radius 2 is 1.89 bits per heavy atom. The number of aryl methyl sites for hydroxylation is 1. The van der Waals surface area contributed by atoms with Crippen molar-refractivity contribution in [2.24, 2.45) is 0 Å². The molecule has 19 heavy (non-hydrogen) atoms. The van der Waals surface area contributed by atoms with Crippen molar-refractivity contribution in [1.82, 2.24) is 10.2 Å². The molecule has 0 fully saturated rings. The predicted octanol–water partition coefficient (Wildman–Crippen LogP) is 3.42. The summed E-state index contributed by atoms with van der Waals surface area (Å²) in [4.78, 5) is 0. The molecule has 0 radical (unpaired) electrons. The molecule has 0 aliphatic rings. The van der Waals surface area contributed by atoms with Gasteiger partial charge in [0, 0.05) is 5.75 Å². The van der Waals surface area contributed by atoms with Crippen molar-refractivity contribution in [3.05, 3.63) is 29.3 Å². The van der Waals surface area contributed by atoms with Crippen LogP contribution in [-0.2, 0) is 0 Å². The second-order valence-corrected chi connectivity index (χ2v) is 6.19. The van der Waals surface area contributed by atoms with Gasteiger partial charge in [-0.05, 0) is 26.0 Å². The van der Waals surface area contributed by atoms with Crippen molar-refractivity contribution < 1.29 is 9.47 Å². The number of rotatable bonds is 7. The van der Waals surface area contributed by atoms with E-state index in [1.165, 1.54) is 0 Å². The van der Waals surface area contributed by atoms with Crippen LogP contribution in [0.25, 0.3) is 0 Å². The van der Waals surface area contributed by atoms with Gasteiger partial charge in [0.15, 0.2) is 15.8 Å². The summed E-state index contributed by atoms with van der Waals surface area (Å²) < 4.78 is 12.2. The number of benzene rings is 1. The lowest BCUT2D eigenvalue weighted by molar-refractivity contribution is 0.289. The van der Waals surface area contributed by atoms with E-state index in [2.05, 4.69) is 10.2 Å². The summed E-state index contributed by atoms with van der Waals surface area (Å²) in [6.07, 6.45) is 0. The molecule has 102 valence electrons. The van der Waals surface area contributed by atoms with Gasteiger partial charge < -0.3 is 9.47 Å². The number of nitrogens with zero attached hydrogens (tertiary/aromatic N) is 2. The lowest BCUT2D eigenvalue weighted by Crippen LogP contribution is -2.02. The summed E-state index contributed by atoms with van der Waals surface area (Å²) in [6, 6.07) is 7.72. The molecule has 4 nitrogen and oxygen atoms in total. The van der Waals surface area contributed by atoms with E-state index in [1.54, 1.807) is 23.1 Å². The van der Waals surface area contributed by atoms with E-state index in [-0.39, 0.29) is 0 Å². The van der Waals surface area contributed by atoms with Crippen molar-refractivity contribution in [1.29, 1.82) is 0 Å². The van der Waals surface area contributed by atoms with Crippen LogP contribution in [0.5, 0.6) is 11.5 Å². The first-order valence-corrected chi connectivity index (χ1v) is 7.87. The monoisotopic (exact) mass is 296 g/mol. The second kappa shape index (κ2) is 7.35. The molecule has 0 aliphatic carbocycles. The third kappa shape index (κ3) is 4.40. The Kier molecular flexibility index (Phi) is 5.47. The SMILES string of the molecule is CCOc1ccccc1OCCSc1nnc(C)s1. The smallest absolute Gasteiger partial charge is 0.174 e. The van der Waals surface area contributed by atoms with Gasteiger partial charge in [0.25, 0.3) is 0 Å². The highest BCUT2D eigenvalue weighted by atomic mass is 32.2. The van der Waals surface area contributed by atoms with Crippen molar-refractivity contribution in [2.75, 3.05) is 19.0 Å². The van der Waals surface area contributed by atoms with Crippen LogP contribution in [0.1, 0.15) is 11.9 Å². The van der Waals surface area contributed by atoms with E-state index in [4.69, 9.17) is 9.47 Å². The molecule has 0 saturated carbocycles. The molecule has 0 spiro atoms. The highest BCUT2D eigenvalue weighted by molar-refractivity contribution is 8.01. The fraction of sp³-hybridized carbons (Fsp3) is 0.385. The maximum Gasteiger partial charge on any atom is 0.174 e. The number of thioether (sulfide) groups is 1. The van der Waals surface area contributed by atoms with Crippen LogP contribution in [0.2, 0.25) is 0 Å². The standard InChI is InChI=1S/C13H16N2O2S2/c1-3-16-11-6-4-5-7-12(11)17-8-9-18-13-15-14-10(2)19-13/h4-7H,3,8-9H2,1-2H3. The maximum absolute atomic E-state index is 5.73. The van der Waals surface area contributed by atoms with Gasteiger partial charge >= 0.3 is 0 Å². The van der Waals surface area contributed by atoms with Crippen molar-refractivity contribution >= 4 is 23.1 Å². The van der Waals surface area contributed by atoms with Gasteiger partial charge in [0.2, 0.25) is 0 Å². The molecule has 1 aromatic heterocycles. The highest BCUT2D eigenvalue weighted by Gasteiger charge is 2.04. The fourth-order valence-electron chi connectivity index (χ4n) is 1.46. The molecule has 0 aliphatic heterocycles. The number of aromatic nitrogens is 2. The molecular formula is C13H16N2O2S2. The molecule has 2 rings (SSSR count). The molecule has 1 aromatic carbocycles. The van der Waals surface area contributed by atoms with Gasteiger partial charge in [-0.25, -0.2) is 0 Å². The van der Waals surface area contributed by atoms with Gasteiger partial charge in [-0.1, -0.05) is 35.2 Å². The van der Waals surface area contributed by atoms with Gasteiger partial charge in [-0.3, -0.25) is 0 Å². The first-order valence-electron chi connectivity index (χ1n) is 6.07. The van der Waals surface area contributed by atoms with E-state index in [9.17, 15) is 0 Å². The summed E-state index contributed by atoms with van der Waals surface area (Å²) in [7, 11) is 0. The Balaban J connectivity index is 1.79. The molecule has 0 amide bonds. The van der Waals surface area contributed by atoms with Crippen LogP contribution < -0.4 is 9.47 Å². The van der Waals surface area contributed by atoms with E-state index in [1.807, 2.05) is 38.1 Å². The van der Waals surface area contributed by atoms with Crippen LogP contribution in [-0.4, -0.2) is 29.2 Å². The molecule has 0 bridgehead atoms. The van der Waals surface area contributed by atoms with Crippen LogP contribution in [0.4, 0.5) is 0 Å². The summed E-state index contributed by atoms with van der Waals surface area (Å²) in [5, 5.41) is 9.03. The van der Waals surface area contributed by atoms with Crippen LogP contribution in [0.3, 0.4) is 0 Å². The molecule has 1 heterocycles. The molecule has 0 saturated heterocycles. The van der Waals surface area contributed by atoms with Gasteiger partial charge in [-0.2, -0.15) is 0 Å². The zero-order valence-electron chi connectivity index (χ0n) is 11.0. The zero-order valence-corrected chi connectivity index (χ0v) is 12.6. The number of ether oxygens (including phenoxy) is 2. The lowest BCUT2D eigenvalue weighted by atomic mass is 10.3. The molecular weight excluding hydrogens is 280 g/mol. The van der Waals surface area contributed by atoms with Crippen molar-refractivity contribution in [3.63, 3.8) is 0 Å². The fourth-order valence-corrected chi connectivity index (χ4v) is 3.16. The number of para-hydroxylation sites is 2. The normalized spacial score (nSPS) is 10.4. The molecule has 0 N–H and O–H groups in total. The van der Waals surface area contributed by atoms with Crippen molar-refractivity contribution in [2.45, 2.75) is 18.2 Å². The molecule has 0 atom stereocenters. The first-order chi connectivity index (χ1) is 9.29. The minimum atomic E-state index is 0.618. The number of hydrogen-bond acceptors (Lipinski definition) is 6. The van der Waals surface area contributed by atoms with Gasteiger partial charge in [-0.15, -0.1) is 10.2 Å². The summed E-state index contributed by atoms with van der Waals surface area (Å²) in [6.45, 7) is 5.17. The Labute approximate surface area is 121 Å². The van der Waals surface area contributed by atoms with E-state index in [0.717, 1.165) is 26.6 Å². The van der Waals surface area contributed by atoms with E-state index in [0.29, 0.717) is 13.2 Å². The topological polar surface area (TPSA) is 44.2 Å². The average Bonchev–Trinajstić information content (AvgIpc) is 2.83. The quantitative estimate of drug-likeness (QED) is 0.578. The molecule has 2 aromatic rings. The zero-order chi connectivity index (χ0) is 13.5. The predicted molar refractivity (Wildman–Crippen MR) is 78.5 cm³/mol. The van der Waals surface area contributed by atoms with Crippen LogP contribution in [0.15, 0.2) is 28.6 Å². The third-order valence-corrected chi connectivity index (χ3v) is 4.16. The summed E-state index contributed by atoms with van der Waals surface area (Å²) >= 11 is 3.26. The second-order valence-electron chi connectivity index (χ2n) is 3.66. The van der Waals surface area contributed by atoms with Crippen LogP contribution in [0, 0.1) is 6.92 Å². The summed E-state index contributed by atoms with van der Waals surface area (Å²) in [5.74, 6) is 2.43.